The number of rotatable bonds is 5. The summed E-state index contributed by atoms with van der Waals surface area (Å²) in [6, 6.07) is 1.78. The molecule has 1 amide bonds. The molecule has 0 aromatic carbocycles. The molecule has 34 heavy (non-hydrogen) atoms. The number of nitrogens with one attached hydrogen (secondary N) is 1. The molecule has 4 rings (SSSR count). The Balaban J connectivity index is 1.47. The van der Waals surface area contributed by atoms with E-state index in [0.29, 0.717) is 0 Å². The van der Waals surface area contributed by atoms with Crippen LogP contribution in [0, 0.1) is 12.7 Å². The minimum Gasteiger partial charge on any atom is -0.489 e. The third-order valence-corrected chi connectivity index (χ3v) is 5.97. The zero-order valence-corrected chi connectivity index (χ0v) is 18.2. The van der Waals surface area contributed by atoms with Crippen LogP contribution in [0.25, 0.3) is 11.6 Å². The SMILES string of the molecule is Cc1cc(C(F)(F)F)nn1CC(=O)Nc1cnc(-n2cnc(C3=CS(=O)(=O)CCO3)c2)c(F)c1. The minimum atomic E-state index is -4.64. The van der Waals surface area contributed by atoms with Gasteiger partial charge in [0.1, 0.15) is 25.2 Å². The van der Waals surface area contributed by atoms with E-state index >= 15 is 0 Å². The first-order chi connectivity index (χ1) is 15.9. The lowest BCUT2D eigenvalue weighted by Gasteiger charge is -2.13. The van der Waals surface area contributed by atoms with Gasteiger partial charge in [-0.05, 0) is 13.0 Å². The molecule has 0 saturated heterocycles. The summed E-state index contributed by atoms with van der Waals surface area (Å²) in [5.41, 5.74) is -0.865. The minimum absolute atomic E-state index is 0.0249. The number of carbonyl (C=O) groups is 1. The van der Waals surface area contributed by atoms with Crippen molar-refractivity contribution in [1.82, 2.24) is 24.3 Å². The topological polar surface area (TPSA) is 121 Å². The van der Waals surface area contributed by atoms with Gasteiger partial charge < -0.3 is 10.1 Å². The third-order valence-electron chi connectivity index (χ3n) is 4.66. The van der Waals surface area contributed by atoms with Crippen LogP contribution in [0.3, 0.4) is 0 Å². The summed E-state index contributed by atoms with van der Waals surface area (Å²) in [7, 11) is -3.42. The number of pyridine rings is 1. The number of ether oxygens (including phenoxy) is 1. The van der Waals surface area contributed by atoms with Crippen LogP contribution >= 0.6 is 0 Å². The molecular formula is C19H16F4N6O4S. The molecule has 3 aromatic heterocycles. The number of carbonyl (C=O) groups excluding carboxylic acids is 1. The van der Waals surface area contributed by atoms with Crippen LogP contribution in [0.15, 0.2) is 36.3 Å². The Labute approximate surface area is 189 Å². The van der Waals surface area contributed by atoms with Gasteiger partial charge in [-0.1, -0.05) is 0 Å². The number of nitrogens with zero attached hydrogens (tertiary/aromatic N) is 5. The maximum atomic E-state index is 14.6. The van der Waals surface area contributed by atoms with Crippen molar-refractivity contribution in [3.8, 4) is 5.82 Å². The van der Waals surface area contributed by atoms with Crippen molar-refractivity contribution in [3.05, 3.63) is 59.2 Å². The molecule has 1 N–H and O–H groups in total. The van der Waals surface area contributed by atoms with Gasteiger partial charge in [0.2, 0.25) is 5.91 Å². The number of aromatic nitrogens is 5. The summed E-state index contributed by atoms with van der Waals surface area (Å²) in [5.74, 6) is -1.89. The van der Waals surface area contributed by atoms with Gasteiger partial charge in [0.05, 0.1) is 23.0 Å². The number of alkyl halides is 3. The Morgan fingerprint density at radius 1 is 1.26 bits per heavy atom. The van der Waals surface area contributed by atoms with Crippen LogP contribution in [0.2, 0.25) is 0 Å². The van der Waals surface area contributed by atoms with Gasteiger partial charge >= 0.3 is 6.18 Å². The Morgan fingerprint density at radius 3 is 2.68 bits per heavy atom. The summed E-state index contributed by atoms with van der Waals surface area (Å²) in [6.07, 6.45) is -0.956. The molecule has 3 aromatic rings. The lowest BCUT2D eigenvalue weighted by Crippen LogP contribution is -2.21. The molecule has 180 valence electrons. The van der Waals surface area contributed by atoms with Gasteiger partial charge in [-0.15, -0.1) is 0 Å². The van der Waals surface area contributed by atoms with Gasteiger partial charge in [-0.2, -0.15) is 18.3 Å². The van der Waals surface area contributed by atoms with Gasteiger partial charge in [-0.3, -0.25) is 14.0 Å². The molecular weight excluding hydrogens is 484 g/mol. The van der Waals surface area contributed by atoms with Crippen LogP contribution in [-0.4, -0.2) is 51.0 Å². The molecule has 1 aliphatic rings. The zero-order valence-electron chi connectivity index (χ0n) is 17.4. The Bertz CT molecular complexity index is 1390. The molecule has 0 fully saturated rings. The fraction of sp³-hybridized carbons (Fsp3) is 0.263. The normalized spacial score (nSPS) is 15.5. The Morgan fingerprint density at radius 2 is 2.03 bits per heavy atom. The molecule has 4 heterocycles. The van der Waals surface area contributed by atoms with Crippen molar-refractivity contribution in [2.45, 2.75) is 19.6 Å². The molecule has 1 aliphatic heterocycles. The highest BCUT2D eigenvalue weighted by Crippen LogP contribution is 2.28. The number of halogens is 4. The van der Waals surface area contributed by atoms with Crippen LogP contribution in [0.4, 0.5) is 23.2 Å². The summed E-state index contributed by atoms with van der Waals surface area (Å²) >= 11 is 0. The van der Waals surface area contributed by atoms with Crippen molar-refractivity contribution in [2.24, 2.45) is 0 Å². The molecule has 0 bridgehead atoms. The molecule has 0 aliphatic carbocycles. The number of aryl methyl sites for hydroxylation is 1. The second kappa shape index (κ2) is 8.55. The highest BCUT2D eigenvalue weighted by atomic mass is 32.2. The van der Waals surface area contributed by atoms with E-state index in [1.165, 1.54) is 24.0 Å². The smallest absolute Gasteiger partial charge is 0.435 e. The number of amides is 1. The molecule has 0 atom stereocenters. The number of hydrogen-bond acceptors (Lipinski definition) is 7. The van der Waals surface area contributed by atoms with Crippen LogP contribution < -0.4 is 5.32 Å². The summed E-state index contributed by atoms with van der Waals surface area (Å²) in [4.78, 5) is 20.1. The second-order valence-corrected chi connectivity index (χ2v) is 9.24. The first-order valence-electron chi connectivity index (χ1n) is 9.60. The Kier molecular flexibility index (Phi) is 5.89. The standard InChI is InChI=1S/C19H16F4N6O4S/c1-11-4-16(19(21,22)23)27-29(11)8-17(30)26-12-5-13(20)18(24-6-12)28-7-14(25-10-28)15-9-34(31,32)3-2-33-15/h4-7,9-10H,2-3,8H2,1H3,(H,26,30). The number of hydrogen-bond donors (Lipinski definition) is 1. The van der Waals surface area contributed by atoms with E-state index in [1.807, 2.05) is 0 Å². The van der Waals surface area contributed by atoms with Crippen molar-refractivity contribution in [1.29, 1.82) is 0 Å². The van der Waals surface area contributed by atoms with Gasteiger partial charge in [0, 0.05) is 18.0 Å². The first-order valence-corrected chi connectivity index (χ1v) is 11.3. The summed E-state index contributed by atoms with van der Waals surface area (Å²) in [6.45, 7) is 0.820. The van der Waals surface area contributed by atoms with E-state index in [-0.39, 0.29) is 41.0 Å². The molecule has 0 radical (unpaired) electrons. The highest BCUT2D eigenvalue weighted by molar-refractivity contribution is 7.94. The first kappa shape index (κ1) is 23.4. The van der Waals surface area contributed by atoms with E-state index in [1.54, 1.807) is 0 Å². The number of anilines is 1. The van der Waals surface area contributed by atoms with E-state index < -0.39 is 40.0 Å². The zero-order chi connectivity index (χ0) is 24.7. The molecule has 0 saturated carbocycles. The quantitative estimate of drug-likeness (QED) is 0.534. The molecule has 0 unspecified atom stereocenters. The van der Waals surface area contributed by atoms with E-state index in [2.05, 4.69) is 20.4 Å². The predicted molar refractivity (Wildman–Crippen MR) is 110 cm³/mol. The fourth-order valence-electron chi connectivity index (χ4n) is 3.06. The predicted octanol–water partition coefficient (Wildman–Crippen LogP) is 2.31. The summed E-state index contributed by atoms with van der Waals surface area (Å²) < 4.78 is 83.7. The average Bonchev–Trinajstić information content (AvgIpc) is 3.35. The van der Waals surface area contributed by atoms with E-state index in [0.717, 1.165) is 28.4 Å². The van der Waals surface area contributed by atoms with Crippen molar-refractivity contribution in [2.75, 3.05) is 17.7 Å². The molecule has 15 heteroatoms. The molecule has 0 spiro atoms. The van der Waals surface area contributed by atoms with Crippen molar-refractivity contribution >= 4 is 27.2 Å². The maximum Gasteiger partial charge on any atom is 0.435 e. The fourth-order valence-corrected chi connectivity index (χ4v) is 4.01. The van der Waals surface area contributed by atoms with Crippen molar-refractivity contribution in [3.63, 3.8) is 0 Å². The van der Waals surface area contributed by atoms with Crippen LogP contribution in [0.5, 0.6) is 0 Å². The van der Waals surface area contributed by atoms with Crippen LogP contribution in [0.1, 0.15) is 17.1 Å². The largest absolute Gasteiger partial charge is 0.489 e. The summed E-state index contributed by atoms with van der Waals surface area (Å²) in [5, 5.41) is 6.66. The average molecular weight is 500 g/mol. The van der Waals surface area contributed by atoms with Crippen LogP contribution in [-0.2, 0) is 32.1 Å². The molecule has 10 nitrogen and oxygen atoms in total. The number of imidazole rings is 1. The monoisotopic (exact) mass is 500 g/mol. The third kappa shape index (κ3) is 5.08. The lowest BCUT2D eigenvalue weighted by atomic mass is 10.3. The van der Waals surface area contributed by atoms with E-state index in [4.69, 9.17) is 4.74 Å². The lowest BCUT2D eigenvalue weighted by molar-refractivity contribution is -0.141. The second-order valence-electron chi connectivity index (χ2n) is 7.27. The Hall–Kier alpha value is -3.75. The van der Waals surface area contributed by atoms with Gasteiger partial charge in [0.15, 0.2) is 32.9 Å². The highest BCUT2D eigenvalue weighted by Gasteiger charge is 2.34. The van der Waals surface area contributed by atoms with Gasteiger partial charge in [0.25, 0.3) is 0 Å². The van der Waals surface area contributed by atoms with Crippen molar-refractivity contribution < 1.29 is 35.5 Å². The maximum absolute atomic E-state index is 14.6. The van der Waals surface area contributed by atoms with E-state index in [9.17, 15) is 30.8 Å². The van der Waals surface area contributed by atoms with Gasteiger partial charge in [-0.25, -0.2) is 22.8 Å². The number of sulfone groups is 1.